The molecular formula is C13H18N2O3S. The van der Waals surface area contributed by atoms with Gasteiger partial charge in [0.2, 0.25) is 15.9 Å². The average Bonchev–Trinajstić information content (AvgIpc) is 2.88. The largest absolute Gasteiger partial charge is 0.358 e. The number of hydrogen-bond acceptors (Lipinski definition) is 3. The van der Waals surface area contributed by atoms with Crippen LogP contribution in [0.5, 0.6) is 0 Å². The molecule has 0 radical (unpaired) electrons. The Kier molecular flexibility index (Phi) is 3.91. The molecule has 1 aliphatic rings. The first-order chi connectivity index (χ1) is 8.96. The van der Waals surface area contributed by atoms with Crippen LogP contribution in [-0.4, -0.2) is 38.3 Å². The van der Waals surface area contributed by atoms with Crippen molar-refractivity contribution in [2.45, 2.75) is 30.7 Å². The molecule has 0 saturated carbocycles. The van der Waals surface area contributed by atoms with Crippen LogP contribution in [0.4, 0.5) is 0 Å². The number of rotatable bonds is 3. The molecule has 1 aliphatic heterocycles. The van der Waals surface area contributed by atoms with Gasteiger partial charge in [-0.3, -0.25) is 4.79 Å². The van der Waals surface area contributed by atoms with Crippen molar-refractivity contribution in [1.29, 1.82) is 0 Å². The molecule has 5 nitrogen and oxygen atoms in total. The molecule has 1 aromatic carbocycles. The molecule has 2 rings (SSSR count). The Morgan fingerprint density at radius 1 is 1.32 bits per heavy atom. The van der Waals surface area contributed by atoms with Gasteiger partial charge in [0.25, 0.3) is 0 Å². The molecule has 1 heterocycles. The van der Waals surface area contributed by atoms with Crippen LogP contribution in [0, 0.1) is 6.92 Å². The summed E-state index contributed by atoms with van der Waals surface area (Å²) < 4.78 is 26.3. The third kappa shape index (κ3) is 2.64. The molecule has 1 amide bonds. The Morgan fingerprint density at radius 3 is 2.53 bits per heavy atom. The molecule has 0 unspecified atom stereocenters. The lowest BCUT2D eigenvalue weighted by atomic mass is 10.2. The highest BCUT2D eigenvalue weighted by Crippen LogP contribution is 2.26. The van der Waals surface area contributed by atoms with Crippen LogP contribution in [0.2, 0.25) is 0 Å². The lowest BCUT2D eigenvalue weighted by Crippen LogP contribution is -2.44. The van der Waals surface area contributed by atoms with Crippen molar-refractivity contribution >= 4 is 15.9 Å². The van der Waals surface area contributed by atoms with Crippen molar-refractivity contribution in [3.05, 3.63) is 29.8 Å². The van der Waals surface area contributed by atoms with Crippen LogP contribution in [0.1, 0.15) is 18.4 Å². The van der Waals surface area contributed by atoms with E-state index in [-0.39, 0.29) is 10.8 Å². The zero-order chi connectivity index (χ0) is 14.0. The Balaban J connectivity index is 2.33. The third-order valence-corrected chi connectivity index (χ3v) is 5.30. The minimum absolute atomic E-state index is 0.242. The molecule has 1 fully saturated rings. The maximum absolute atomic E-state index is 12.5. The summed E-state index contributed by atoms with van der Waals surface area (Å²) in [5.41, 5.74) is 1.00. The highest BCUT2D eigenvalue weighted by atomic mass is 32.2. The lowest BCUT2D eigenvalue weighted by Gasteiger charge is -2.22. The van der Waals surface area contributed by atoms with Crippen LogP contribution >= 0.6 is 0 Å². The highest BCUT2D eigenvalue weighted by molar-refractivity contribution is 7.89. The van der Waals surface area contributed by atoms with E-state index in [0.717, 1.165) is 5.56 Å². The fraction of sp³-hybridized carbons (Fsp3) is 0.462. The van der Waals surface area contributed by atoms with Gasteiger partial charge in [-0.05, 0) is 31.9 Å². The number of likely N-dealkylation sites (N-methyl/N-ethyl adjacent to an activating group) is 1. The Hall–Kier alpha value is -1.40. The van der Waals surface area contributed by atoms with Gasteiger partial charge in [0.05, 0.1) is 4.90 Å². The predicted octanol–water partition coefficient (Wildman–Crippen LogP) is 0.894. The summed E-state index contributed by atoms with van der Waals surface area (Å²) in [7, 11) is -2.06. The van der Waals surface area contributed by atoms with Crippen molar-refractivity contribution in [3.63, 3.8) is 0 Å². The van der Waals surface area contributed by atoms with Crippen molar-refractivity contribution < 1.29 is 13.2 Å². The molecule has 104 valence electrons. The van der Waals surface area contributed by atoms with Crippen LogP contribution in [0.15, 0.2) is 29.2 Å². The Labute approximate surface area is 113 Å². The van der Waals surface area contributed by atoms with E-state index in [9.17, 15) is 13.2 Å². The van der Waals surface area contributed by atoms with Gasteiger partial charge in [-0.15, -0.1) is 0 Å². The van der Waals surface area contributed by atoms with E-state index in [1.54, 1.807) is 24.3 Å². The normalized spacial score (nSPS) is 20.4. The van der Waals surface area contributed by atoms with Crippen LogP contribution in [-0.2, 0) is 14.8 Å². The first-order valence-electron chi connectivity index (χ1n) is 6.27. The number of hydrogen-bond donors (Lipinski definition) is 1. The Bertz CT molecular complexity index is 566. The summed E-state index contributed by atoms with van der Waals surface area (Å²) in [6.07, 6.45) is 1.29. The number of aryl methyl sites for hydroxylation is 1. The molecule has 0 aliphatic carbocycles. The average molecular weight is 282 g/mol. The summed E-state index contributed by atoms with van der Waals surface area (Å²) in [6.45, 7) is 2.30. The van der Waals surface area contributed by atoms with Gasteiger partial charge in [-0.25, -0.2) is 8.42 Å². The van der Waals surface area contributed by atoms with Crippen molar-refractivity contribution in [2.24, 2.45) is 0 Å². The summed E-state index contributed by atoms with van der Waals surface area (Å²) in [6, 6.07) is 6.11. The number of amides is 1. The van der Waals surface area contributed by atoms with E-state index >= 15 is 0 Å². The number of sulfonamides is 1. The summed E-state index contributed by atoms with van der Waals surface area (Å²) >= 11 is 0. The van der Waals surface area contributed by atoms with E-state index in [4.69, 9.17) is 0 Å². The summed E-state index contributed by atoms with van der Waals surface area (Å²) in [4.78, 5) is 12.0. The molecule has 0 aromatic heterocycles. The van der Waals surface area contributed by atoms with Gasteiger partial charge in [0, 0.05) is 13.6 Å². The molecule has 1 atom stereocenters. The van der Waals surface area contributed by atoms with E-state index in [1.807, 2.05) is 6.92 Å². The molecule has 19 heavy (non-hydrogen) atoms. The number of carbonyl (C=O) groups is 1. The summed E-state index contributed by atoms with van der Waals surface area (Å²) in [5.74, 6) is -0.242. The van der Waals surface area contributed by atoms with Gasteiger partial charge < -0.3 is 5.32 Å². The van der Waals surface area contributed by atoms with Crippen molar-refractivity contribution in [1.82, 2.24) is 9.62 Å². The van der Waals surface area contributed by atoms with Crippen LogP contribution in [0.25, 0.3) is 0 Å². The molecule has 1 N–H and O–H groups in total. The Morgan fingerprint density at radius 2 is 1.95 bits per heavy atom. The smallest absolute Gasteiger partial charge is 0.243 e. The number of nitrogens with zero attached hydrogens (tertiary/aromatic N) is 1. The topological polar surface area (TPSA) is 66.5 Å². The van der Waals surface area contributed by atoms with Crippen LogP contribution in [0.3, 0.4) is 0 Å². The predicted molar refractivity (Wildman–Crippen MR) is 72.2 cm³/mol. The molecule has 0 bridgehead atoms. The fourth-order valence-corrected chi connectivity index (χ4v) is 3.96. The van der Waals surface area contributed by atoms with Gasteiger partial charge in [0.1, 0.15) is 6.04 Å². The van der Waals surface area contributed by atoms with Crippen LogP contribution < -0.4 is 5.32 Å². The summed E-state index contributed by atoms with van der Waals surface area (Å²) in [5, 5.41) is 2.52. The maximum Gasteiger partial charge on any atom is 0.243 e. The molecular weight excluding hydrogens is 264 g/mol. The second kappa shape index (κ2) is 5.30. The first-order valence-corrected chi connectivity index (χ1v) is 7.71. The molecule has 0 spiro atoms. The van der Waals surface area contributed by atoms with E-state index in [1.165, 1.54) is 11.4 Å². The van der Waals surface area contributed by atoms with Gasteiger partial charge >= 0.3 is 0 Å². The second-order valence-electron chi connectivity index (χ2n) is 4.70. The van der Waals surface area contributed by atoms with E-state index < -0.39 is 16.1 Å². The molecule has 6 heteroatoms. The number of nitrogens with one attached hydrogen (secondary N) is 1. The monoisotopic (exact) mass is 282 g/mol. The number of carbonyl (C=O) groups excluding carboxylic acids is 1. The maximum atomic E-state index is 12.5. The van der Waals surface area contributed by atoms with Gasteiger partial charge in [-0.2, -0.15) is 4.31 Å². The quantitative estimate of drug-likeness (QED) is 0.895. The zero-order valence-electron chi connectivity index (χ0n) is 11.1. The minimum Gasteiger partial charge on any atom is -0.358 e. The zero-order valence-corrected chi connectivity index (χ0v) is 11.9. The van der Waals surface area contributed by atoms with Crippen molar-refractivity contribution in [3.8, 4) is 0 Å². The van der Waals surface area contributed by atoms with Crippen molar-refractivity contribution in [2.75, 3.05) is 13.6 Å². The SMILES string of the molecule is CNC(=O)[C@@H]1CCCN1S(=O)(=O)c1ccc(C)cc1. The second-order valence-corrected chi connectivity index (χ2v) is 6.59. The number of benzene rings is 1. The van der Waals surface area contributed by atoms with Gasteiger partial charge in [-0.1, -0.05) is 17.7 Å². The highest BCUT2D eigenvalue weighted by Gasteiger charge is 2.38. The minimum atomic E-state index is -3.59. The fourth-order valence-electron chi connectivity index (χ4n) is 2.30. The molecule has 1 saturated heterocycles. The van der Waals surface area contributed by atoms with Gasteiger partial charge in [0.15, 0.2) is 0 Å². The van der Waals surface area contributed by atoms with E-state index in [0.29, 0.717) is 19.4 Å². The standard InChI is InChI=1S/C13H18N2O3S/c1-10-5-7-11(8-6-10)19(17,18)15-9-3-4-12(15)13(16)14-2/h5-8,12H,3-4,9H2,1-2H3,(H,14,16)/t12-/m0/s1. The lowest BCUT2D eigenvalue weighted by molar-refractivity contribution is -0.123. The third-order valence-electron chi connectivity index (χ3n) is 3.38. The van der Waals surface area contributed by atoms with E-state index in [2.05, 4.69) is 5.32 Å². The molecule has 1 aromatic rings. The first kappa shape index (κ1) is 14.0.